The van der Waals surface area contributed by atoms with Crippen LogP contribution in [0.5, 0.6) is 5.75 Å². The Morgan fingerprint density at radius 2 is 2.37 bits per heavy atom. The van der Waals surface area contributed by atoms with Crippen LogP contribution in [0.4, 0.5) is 0 Å². The van der Waals surface area contributed by atoms with Gasteiger partial charge < -0.3 is 10.1 Å². The molecule has 0 radical (unpaired) electrons. The van der Waals surface area contributed by atoms with E-state index in [1.165, 1.54) is 0 Å². The van der Waals surface area contributed by atoms with Crippen LogP contribution in [0.3, 0.4) is 0 Å². The van der Waals surface area contributed by atoms with E-state index in [9.17, 15) is 4.79 Å². The molecule has 0 aliphatic carbocycles. The summed E-state index contributed by atoms with van der Waals surface area (Å²) in [5, 5.41) is 5.77. The van der Waals surface area contributed by atoms with Crippen LogP contribution < -0.4 is 10.1 Å². The van der Waals surface area contributed by atoms with Crippen LogP contribution in [0.1, 0.15) is 16.3 Å². The van der Waals surface area contributed by atoms with E-state index in [1.54, 1.807) is 11.3 Å². The number of aromatic nitrogens is 1. The third kappa shape index (κ3) is 2.61. The maximum absolute atomic E-state index is 12.0. The van der Waals surface area contributed by atoms with Crippen LogP contribution in [-0.2, 0) is 17.8 Å². The van der Waals surface area contributed by atoms with E-state index < -0.39 is 6.10 Å². The molecular formula is C14H14N2O2S. The fourth-order valence-electron chi connectivity index (χ4n) is 2.09. The molecule has 1 aliphatic heterocycles. The molecule has 0 bridgehead atoms. The second-order valence-corrected chi connectivity index (χ2v) is 5.46. The number of hydrogen-bond acceptors (Lipinski definition) is 4. The van der Waals surface area contributed by atoms with Crippen molar-refractivity contribution in [2.75, 3.05) is 0 Å². The van der Waals surface area contributed by atoms with Gasteiger partial charge in [-0.2, -0.15) is 0 Å². The molecule has 98 valence electrons. The molecule has 0 saturated heterocycles. The minimum atomic E-state index is -0.418. The number of amides is 1. The predicted molar refractivity (Wildman–Crippen MR) is 73.3 cm³/mol. The van der Waals surface area contributed by atoms with Gasteiger partial charge in [0, 0.05) is 17.5 Å². The molecule has 1 aromatic carbocycles. The van der Waals surface area contributed by atoms with Crippen molar-refractivity contribution in [1.82, 2.24) is 10.3 Å². The standard InChI is InChI=1S/C14H14N2O2S/c1-9-8-19-13(16-9)7-15-14(17)12-6-10-4-2-3-5-11(10)18-12/h2-5,8,12H,6-7H2,1H3,(H,15,17). The highest BCUT2D eigenvalue weighted by Crippen LogP contribution is 2.28. The molecule has 0 saturated carbocycles. The van der Waals surface area contributed by atoms with Crippen LogP contribution in [0.15, 0.2) is 29.6 Å². The maximum atomic E-state index is 12.0. The highest BCUT2D eigenvalue weighted by molar-refractivity contribution is 7.09. The number of fused-ring (bicyclic) bond motifs is 1. The zero-order valence-electron chi connectivity index (χ0n) is 10.6. The van der Waals surface area contributed by atoms with E-state index in [4.69, 9.17) is 4.74 Å². The first-order valence-corrected chi connectivity index (χ1v) is 7.03. The molecule has 1 atom stereocenters. The summed E-state index contributed by atoms with van der Waals surface area (Å²) in [5.74, 6) is 0.733. The third-order valence-electron chi connectivity index (χ3n) is 3.02. The largest absolute Gasteiger partial charge is 0.480 e. The zero-order valence-corrected chi connectivity index (χ0v) is 11.4. The first-order valence-electron chi connectivity index (χ1n) is 6.15. The second kappa shape index (κ2) is 5.01. The Labute approximate surface area is 115 Å². The quantitative estimate of drug-likeness (QED) is 0.932. The van der Waals surface area contributed by atoms with E-state index in [2.05, 4.69) is 10.3 Å². The molecule has 2 aromatic rings. The number of carbonyl (C=O) groups excluding carboxylic acids is 1. The highest BCUT2D eigenvalue weighted by atomic mass is 32.1. The lowest BCUT2D eigenvalue weighted by atomic mass is 10.1. The molecule has 0 fully saturated rings. The zero-order chi connectivity index (χ0) is 13.2. The highest BCUT2D eigenvalue weighted by Gasteiger charge is 2.28. The van der Waals surface area contributed by atoms with E-state index >= 15 is 0 Å². The van der Waals surface area contributed by atoms with Gasteiger partial charge in [0.25, 0.3) is 5.91 Å². The van der Waals surface area contributed by atoms with Crippen LogP contribution in [0, 0.1) is 6.92 Å². The fraction of sp³-hybridized carbons (Fsp3) is 0.286. The number of hydrogen-bond donors (Lipinski definition) is 1. The Bertz CT molecular complexity index is 584. The summed E-state index contributed by atoms with van der Waals surface area (Å²) in [4.78, 5) is 16.3. The molecule has 3 rings (SSSR count). The average Bonchev–Trinajstić information content (AvgIpc) is 3.01. The molecule has 2 heterocycles. The SMILES string of the molecule is Cc1csc(CNC(=O)C2Cc3ccccc3O2)n1. The Kier molecular flexibility index (Phi) is 3.21. The minimum Gasteiger partial charge on any atom is -0.480 e. The van der Waals surface area contributed by atoms with Gasteiger partial charge in [-0.3, -0.25) is 4.79 Å². The van der Waals surface area contributed by atoms with Crippen molar-refractivity contribution in [2.45, 2.75) is 26.0 Å². The van der Waals surface area contributed by atoms with Gasteiger partial charge in [0.2, 0.25) is 0 Å². The van der Waals surface area contributed by atoms with E-state index in [-0.39, 0.29) is 5.91 Å². The minimum absolute atomic E-state index is 0.0796. The molecule has 1 aromatic heterocycles. The van der Waals surface area contributed by atoms with Gasteiger partial charge in [0.1, 0.15) is 10.8 Å². The number of nitrogens with zero attached hydrogens (tertiary/aromatic N) is 1. The molecule has 1 N–H and O–H groups in total. The van der Waals surface area contributed by atoms with Crippen molar-refractivity contribution in [3.63, 3.8) is 0 Å². The topological polar surface area (TPSA) is 51.2 Å². The van der Waals surface area contributed by atoms with Gasteiger partial charge >= 0.3 is 0 Å². The fourth-order valence-corrected chi connectivity index (χ4v) is 2.80. The summed E-state index contributed by atoms with van der Waals surface area (Å²) < 4.78 is 5.63. The van der Waals surface area contributed by atoms with Crippen molar-refractivity contribution in [3.05, 3.63) is 45.9 Å². The average molecular weight is 274 g/mol. The first kappa shape index (κ1) is 12.2. The van der Waals surface area contributed by atoms with Gasteiger partial charge in [0.15, 0.2) is 6.10 Å². The molecule has 0 spiro atoms. The Morgan fingerprint density at radius 1 is 1.53 bits per heavy atom. The third-order valence-corrected chi connectivity index (χ3v) is 3.99. The number of rotatable bonds is 3. The number of thiazole rings is 1. The van der Waals surface area contributed by atoms with Crippen molar-refractivity contribution < 1.29 is 9.53 Å². The van der Waals surface area contributed by atoms with E-state index in [1.807, 2.05) is 36.6 Å². The Morgan fingerprint density at radius 3 is 3.11 bits per heavy atom. The Balaban J connectivity index is 1.58. The number of para-hydroxylation sites is 1. The summed E-state index contributed by atoms with van der Waals surface area (Å²) in [6, 6.07) is 7.76. The van der Waals surface area contributed by atoms with Crippen LogP contribution in [0.25, 0.3) is 0 Å². The summed E-state index contributed by atoms with van der Waals surface area (Å²) in [5.41, 5.74) is 2.08. The second-order valence-electron chi connectivity index (χ2n) is 4.52. The maximum Gasteiger partial charge on any atom is 0.261 e. The van der Waals surface area contributed by atoms with Gasteiger partial charge in [-0.1, -0.05) is 18.2 Å². The van der Waals surface area contributed by atoms with Crippen molar-refractivity contribution in [3.8, 4) is 5.75 Å². The first-order chi connectivity index (χ1) is 9.22. The molecule has 1 amide bonds. The molecule has 1 aliphatic rings. The monoisotopic (exact) mass is 274 g/mol. The predicted octanol–water partition coefficient (Wildman–Crippen LogP) is 2.07. The van der Waals surface area contributed by atoms with Gasteiger partial charge in [-0.05, 0) is 18.6 Å². The molecule has 1 unspecified atom stereocenters. The molecular weight excluding hydrogens is 260 g/mol. The summed E-state index contributed by atoms with van der Waals surface area (Å²) in [6.07, 6.45) is 0.220. The lowest BCUT2D eigenvalue weighted by molar-refractivity contribution is -0.127. The number of nitrogens with one attached hydrogen (secondary N) is 1. The lowest BCUT2D eigenvalue weighted by Gasteiger charge is -2.10. The van der Waals surface area contributed by atoms with E-state index in [0.29, 0.717) is 13.0 Å². The van der Waals surface area contributed by atoms with Crippen LogP contribution in [0.2, 0.25) is 0 Å². The van der Waals surface area contributed by atoms with Crippen molar-refractivity contribution in [1.29, 1.82) is 0 Å². The molecule has 19 heavy (non-hydrogen) atoms. The Hall–Kier alpha value is -1.88. The molecule has 4 nitrogen and oxygen atoms in total. The normalized spacial score (nSPS) is 16.8. The number of aryl methyl sites for hydroxylation is 1. The number of benzene rings is 1. The van der Waals surface area contributed by atoms with Gasteiger partial charge in [-0.25, -0.2) is 4.98 Å². The summed E-state index contributed by atoms with van der Waals surface area (Å²) in [7, 11) is 0. The van der Waals surface area contributed by atoms with Crippen molar-refractivity contribution >= 4 is 17.2 Å². The van der Waals surface area contributed by atoms with Crippen LogP contribution in [-0.4, -0.2) is 17.0 Å². The summed E-state index contributed by atoms with van der Waals surface area (Å²) in [6.45, 7) is 2.41. The van der Waals surface area contributed by atoms with Gasteiger partial charge in [0.05, 0.1) is 6.54 Å². The van der Waals surface area contributed by atoms with E-state index in [0.717, 1.165) is 22.0 Å². The van der Waals surface area contributed by atoms with Crippen molar-refractivity contribution in [2.24, 2.45) is 0 Å². The molecule has 5 heteroatoms. The van der Waals surface area contributed by atoms with Gasteiger partial charge in [-0.15, -0.1) is 11.3 Å². The van der Waals surface area contributed by atoms with Crippen LogP contribution >= 0.6 is 11.3 Å². The number of ether oxygens (including phenoxy) is 1. The lowest BCUT2D eigenvalue weighted by Crippen LogP contribution is -2.36. The smallest absolute Gasteiger partial charge is 0.261 e. The number of carbonyl (C=O) groups is 1. The summed E-state index contributed by atoms with van der Waals surface area (Å²) >= 11 is 1.55.